The quantitative estimate of drug-likeness (QED) is 0.720. The molecule has 2 rings (SSSR count). The topological polar surface area (TPSA) is 38.3 Å². The second kappa shape index (κ2) is 8.41. The average Bonchev–Trinajstić information content (AvgIpc) is 2.54. The minimum atomic E-state index is -0.0535. The number of hydrogen-bond donors (Lipinski definition) is 1. The summed E-state index contributed by atoms with van der Waals surface area (Å²) in [6.07, 6.45) is 0. The number of thioether (sulfide) groups is 1. The van der Waals surface area contributed by atoms with E-state index in [2.05, 4.69) is 34.2 Å². The van der Waals surface area contributed by atoms with E-state index >= 15 is 0 Å². The molecule has 0 aliphatic carbocycles. The molecule has 0 aliphatic heterocycles. The molecule has 0 spiro atoms. The number of carbonyl (C=O) groups excluding carboxylic acids is 1. The van der Waals surface area contributed by atoms with Gasteiger partial charge in [0.2, 0.25) is 5.91 Å². The van der Waals surface area contributed by atoms with Crippen molar-refractivity contribution in [2.75, 3.05) is 12.9 Å². The van der Waals surface area contributed by atoms with Crippen molar-refractivity contribution < 1.29 is 9.53 Å². The van der Waals surface area contributed by atoms with Gasteiger partial charge in [0.25, 0.3) is 0 Å². The fourth-order valence-corrected chi connectivity index (χ4v) is 3.58. The van der Waals surface area contributed by atoms with Crippen LogP contribution < -0.4 is 10.1 Å². The van der Waals surface area contributed by atoms with Crippen molar-refractivity contribution >= 4 is 33.6 Å². The van der Waals surface area contributed by atoms with Gasteiger partial charge in [0.15, 0.2) is 0 Å². The second-order valence-electron chi connectivity index (χ2n) is 5.24. The number of halogens is 1. The van der Waals surface area contributed by atoms with Crippen LogP contribution >= 0.6 is 27.7 Å². The zero-order chi connectivity index (χ0) is 16.8. The SMILES string of the molecule is COc1ccc(C(C)NC(=O)CSc2ccccc2C)cc1Br. The van der Waals surface area contributed by atoms with E-state index in [0.29, 0.717) is 5.75 Å². The normalized spacial score (nSPS) is 11.8. The smallest absolute Gasteiger partial charge is 0.230 e. The molecule has 1 amide bonds. The first-order chi connectivity index (χ1) is 11.0. The van der Waals surface area contributed by atoms with Crippen molar-refractivity contribution in [3.05, 3.63) is 58.1 Å². The maximum Gasteiger partial charge on any atom is 0.230 e. The van der Waals surface area contributed by atoms with Gasteiger partial charge in [0.1, 0.15) is 5.75 Å². The first kappa shape index (κ1) is 17.9. The molecule has 1 N–H and O–H groups in total. The van der Waals surface area contributed by atoms with E-state index in [1.165, 1.54) is 5.56 Å². The molecular weight excluding hydrogens is 374 g/mol. The van der Waals surface area contributed by atoms with Gasteiger partial charge in [-0.3, -0.25) is 4.79 Å². The van der Waals surface area contributed by atoms with Crippen molar-refractivity contribution in [3.8, 4) is 5.75 Å². The zero-order valence-corrected chi connectivity index (χ0v) is 15.8. The van der Waals surface area contributed by atoms with Crippen LogP contribution in [0.4, 0.5) is 0 Å². The summed E-state index contributed by atoms with van der Waals surface area (Å²) in [5.74, 6) is 1.21. The first-order valence-corrected chi connectivity index (χ1v) is 9.10. The van der Waals surface area contributed by atoms with Crippen LogP contribution in [0.2, 0.25) is 0 Å². The highest BCUT2D eigenvalue weighted by molar-refractivity contribution is 9.10. The first-order valence-electron chi connectivity index (χ1n) is 7.32. The van der Waals surface area contributed by atoms with E-state index in [1.807, 2.05) is 43.3 Å². The lowest BCUT2D eigenvalue weighted by Gasteiger charge is -2.16. The Hall–Kier alpha value is -1.46. The summed E-state index contributed by atoms with van der Waals surface area (Å²) in [6.45, 7) is 4.03. The predicted octanol–water partition coefficient (Wildman–Crippen LogP) is 4.74. The molecule has 122 valence electrons. The van der Waals surface area contributed by atoms with E-state index in [1.54, 1.807) is 18.9 Å². The molecule has 3 nitrogen and oxygen atoms in total. The van der Waals surface area contributed by atoms with E-state index in [0.717, 1.165) is 20.7 Å². The van der Waals surface area contributed by atoms with Crippen LogP contribution in [0, 0.1) is 6.92 Å². The Labute approximate surface area is 149 Å². The van der Waals surface area contributed by atoms with Gasteiger partial charge in [-0.1, -0.05) is 24.3 Å². The fraction of sp³-hybridized carbons (Fsp3) is 0.278. The standard InChI is InChI=1S/C18H20BrNO2S/c1-12-6-4-5-7-17(12)23-11-18(21)20-13(2)14-8-9-16(22-3)15(19)10-14/h4-10,13H,11H2,1-3H3,(H,20,21). The van der Waals surface area contributed by atoms with Crippen LogP contribution in [0.15, 0.2) is 51.8 Å². The molecule has 1 unspecified atom stereocenters. The van der Waals surface area contributed by atoms with Crippen molar-refractivity contribution in [1.82, 2.24) is 5.32 Å². The Morgan fingerprint density at radius 2 is 2.04 bits per heavy atom. The highest BCUT2D eigenvalue weighted by Gasteiger charge is 2.12. The van der Waals surface area contributed by atoms with Gasteiger partial charge in [0.05, 0.1) is 23.4 Å². The molecule has 0 fully saturated rings. The van der Waals surface area contributed by atoms with Crippen molar-refractivity contribution in [2.24, 2.45) is 0 Å². The van der Waals surface area contributed by atoms with Crippen molar-refractivity contribution in [1.29, 1.82) is 0 Å². The predicted molar refractivity (Wildman–Crippen MR) is 99.2 cm³/mol. The van der Waals surface area contributed by atoms with Gasteiger partial charge in [-0.25, -0.2) is 0 Å². The summed E-state index contributed by atoms with van der Waals surface area (Å²) in [5, 5.41) is 3.03. The third-order valence-corrected chi connectivity index (χ3v) is 5.30. The molecule has 0 saturated heterocycles. The van der Waals surface area contributed by atoms with Gasteiger partial charge < -0.3 is 10.1 Å². The largest absolute Gasteiger partial charge is 0.496 e. The van der Waals surface area contributed by atoms with Crippen molar-refractivity contribution in [2.45, 2.75) is 24.8 Å². The number of rotatable bonds is 6. The molecule has 0 aliphatic rings. The Morgan fingerprint density at radius 3 is 2.70 bits per heavy atom. The number of aryl methyl sites for hydroxylation is 1. The van der Waals surface area contributed by atoms with Crippen LogP contribution in [0.1, 0.15) is 24.1 Å². The third kappa shape index (κ3) is 5.01. The highest BCUT2D eigenvalue weighted by Crippen LogP contribution is 2.28. The Bertz CT molecular complexity index is 690. The average molecular weight is 394 g/mol. The molecule has 0 radical (unpaired) electrons. The lowest BCUT2D eigenvalue weighted by molar-refractivity contribution is -0.119. The van der Waals surface area contributed by atoms with Crippen LogP contribution in [0.25, 0.3) is 0 Å². The summed E-state index contributed by atoms with van der Waals surface area (Å²) in [6, 6.07) is 13.9. The summed E-state index contributed by atoms with van der Waals surface area (Å²) in [4.78, 5) is 13.3. The van der Waals surface area contributed by atoms with Gasteiger partial charge in [0, 0.05) is 4.90 Å². The second-order valence-corrected chi connectivity index (χ2v) is 7.11. The van der Waals surface area contributed by atoms with E-state index < -0.39 is 0 Å². The molecule has 23 heavy (non-hydrogen) atoms. The van der Waals surface area contributed by atoms with Crippen LogP contribution in [0.5, 0.6) is 5.75 Å². The third-order valence-electron chi connectivity index (χ3n) is 3.51. The molecule has 2 aromatic carbocycles. The number of nitrogens with one attached hydrogen (secondary N) is 1. The molecule has 1 atom stereocenters. The zero-order valence-electron chi connectivity index (χ0n) is 13.4. The number of hydrogen-bond acceptors (Lipinski definition) is 3. The molecule has 0 heterocycles. The van der Waals surface area contributed by atoms with Gasteiger partial charge in [-0.15, -0.1) is 11.8 Å². The Morgan fingerprint density at radius 1 is 1.30 bits per heavy atom. The number of ether oxygens (including phenoxy) is 1. The number of carbonyl (C=O) groups is 1. The highest BCUT2D eigenvalue weighted by atomic mass is 79.9. The maximum absolute atomic E-state index is 12.2. The minimum absolute atomic E-state index is 0.0256. The molecular formula is C18H20BrNO2S. The monoisotopic (exact) mass is 393 g/mol. The summed E-state index contributed by atoms with van der Waals surface area (Å²) < 4.78 is 6.10. The van der Waals surface area contributed by atoms with E-state index in [-0.39, 0.29) is 11.9 Å². The van der Waals surface area contributed by atoms with E-state index in [9.17, 15) is 4.79 Å². The molecule has 0 aromatic heterocycles. The summed E-state index contributed by atoms with van der Waals surface area (Å²) in [7, 11) is 1.63. The van der Waals surface area contributed by atoms with Gasteiger partial charge >= 0.3 is 0 Å². The Kier molecular flexibility index (Phi) is 6.54. The molecule has 0 bridgehead atoms. The van der Waals surface area contributed by atoms with Gasteiger partial charge in [-0.05, 0) is 59.1 Å². The Balaban J connectivity index is 1.92. The summed E-state index contributed by atoms with van der Waals surface area (Å²) in [5.41, 5.74) is 2.23. The lowest BCUT2D eigenvalue weighted by Crippen LogP contribution is -2.28. The van der Waals surface area contributed by atoms with Crippen molar-refractivity contribution in [3.63, 3.8) is 0 Å². The molecule has 5 heteroatoms. The van der Waals surface area contributed by atoms with Crippen LogP contribution in [-0.2, 0) is 4.79 Å². The fourth-order valence-electron chi connectivity index (χ4n) is 2.18. The minimum Gasteiger partial charge on any atom is -0.496 e. The van der Waals surface area contributed by atoms with Crippen LogP contribution in [0.3, 0.4) is 0 Å². The summed E-state index contributed by atoms with van der Waals surface area (Å²) >= 11 is 5.03. The lowest BCUT2D eigenvalue weighted by atomic mass is 10.1. The van der Waals surface area contributed by atoms with Crippen LogP contribution in [-0.4, -0.2) is 18.8 Å². The van der Waals surface area contributed by atoms with Gasteiger partial charge in [-0.2, -0.15) is 0 Å². The van der Waals surface area contributed by atoms with E-state index in [4.69, 9.17) is 4.74 Å². The number of methoxy groups -OCH3 is 1. The molecule has 0 saturated carbocycles. The maximum atomic E-state index is 12.2. The number of benzene rings is 2. The number of amides is 1. The molecule has 2 aromatic rings.